The van der Waals surface area contributed by atoms with E-state index in [0.717, 1.165) is 63.8 Å². The molecule has 2 fully saturated rings. The zero-order valence-electron chi connectivity index (χ0n) is 25.0. The second-order valence-corrected chi connectivity index (χ2v) is 12.6. The molecule has 0 aliphatic carbocycles. The van der Waals surface area contributed by atoms with Gasteiger partial charge in [0.2, 0.25) is 11.8 Å². The van der Waals surface area contributed by atoms with Crippen LogP contribution in [-0.4, -0.2) is 79.2 Å². The van der Waals surface area contributed by atoms with Crippen molar-refractivity contribution in [2.75, 3.05) is 56.2 Å². The molecule has 0 unspecified atom stereocenters. The van der Waals surface area contributed by atoms with Gasteiger partial charge in [0, 0.05) is 53.3 Å². The molecule has 1 amide bonds. The number of carbonyl (C=O) groups excluding carboxylic acids is 1. The van der Waals surface area contributed by atoms with Gasteiger partial charge in [0.15, 0.2) is 0 Å². The quantitative estimate of drug-likeness (QED) is 0.328. The smallest absolute Gasteiger partial charge is 0.246 e. The Morgan fingerprint density at radius 1 is 1.14 bits per heavy atom. The number of aromatic nitrogens is 1. The molecule has 4 heterocycles. The number of halogens is 1. The topological polar surface area (TPSA) is 99.7 Å². The van der Waals surface area contributed by atoms with Crippen LogP contribution >= 0.6 is 15.9 Å². The van der Waals surface area contributed by atoms with Crippen molar-refractivity contribution in [2.45, 2.75) is 44.3 Å². The predicted octanol–water partition coefficient (Wildman–Crippen LogP) is 5.02. The third-order valence-corrected chi connectivity index (χ3v) is 9.91. The molecule has 10 heteroatoms. The molecule has 2 saturated heterocycles. The Kier molecular flexibility index (Phi) is 8.74. The van der Waals surface area contributed by atoms with Crippen molar-refractivity contribution >= 4 is 44.0 Å². The highest BCUT2D eigenvalue weighted by molar-refractivity contribution is 9.10. The van der Waals surface area contributed by atoms with E-state index in [2.05, 4.69) is 86.7 Å². The lowest BCUT2D eigenvalue weighted by Gasteiger charge is -2.43. The number of benzene rings is 2. The van der Waals surface area contributed by atoms with E-state index in [0.29, 0.717) is 50.7 Å². The van der Waals surface area contributed by atoms with E-state index in [4.69, 9.17) is 9.72 Å². The van der Waals surface area contributed by atoms with Crippen molar-refractivity contribution in [3.05, 3.63) is 70.3 Å². The normalized spacial score (nSPS) is 20.2. The van der Waals surface area contributed by atoms with Gasteiger partial charge in [0.25, 0.3) is 0 Å². The maximum absolute atomic E-state index is 12.6. The van der Waals surface area contributed by atoms with Crippen LogP contribution in [-0.2, 0) is 17.8 Å². The van der Waals surface area contributed by atoms with E-state index in [1.165, 1.54) is 6.08 Å². The summed E-state index contributed by atoms with van der Waals surface area (Å²) in [4.78, 5) is 26.2. The second kappa shape index (κ2) is 12.9. The molecule has 6 rings (SSSR count). The highest BCUT2D eigenvalue weighted by Gasteiger charge is 2.35. The van der Waals surface area contributed by atoms with E-state index < -0.39 is 0 Å². The first-order chi connectivity index (χ1) is 21.4. The number of carbonyl (C=O) groups is 1. The summed E-state index contributed by atoms with van der Waals surface area (Å²) in [5, 5.41) is 22.5. The van der Waals surface area contributed by atoms with Gasteiger partial charge in [-0.05, 0) is 56.4 Å². The number of pyridine rings is 1. The molecular weight excluding hydrogens is 618 g/mol. The molecule has 3 aliphatic heterocycles. The Labute approximate surface area is 267 Å². The van der Waals surface area contributed by atoms with Gasteiger partial charge >= 0.3 is 0 Å². The SMILES string of the molecule is C=CC(=O)N1CCN(c2c(C#N)c(OC[C@@H]3CCCN3C)nc3c2CCN(c2cccc4cccc(Br)c24)C3)C[C@@H]1CC#N. The van der Waals surface area contributed by atoms with Crippen LogP contribution in [0.3, 0.4) is 0 Å². The Bertz CT molecular complexity index is 1670. The van der Waals surface area contributed by atoms with E-state index >= 15 is 0 Å². The molecule has 2 atom stereocenters. The van der Waals surface area contributed by atoms with Crippen molar-refractivity contribution in [3.8, 4) is 18.0 Å². The molecule has 9 nitrogen and oxygen atoms in total. The number of fused-ring (bicyclic) bond motifs is 2. The molecule has 2 aromatic carbocycles. The minimum atomic E-state index is -0.306. The summed E-state index contributed by atoms with van der Waals surface area (Å²) in [6.45, 7) is 7.92. The average Bonchev–Trinajstić information content (AvgIpc) is 3.46. The summed E-state index contributed by atoms with van der Waals surface area (Å²) < 4.78 is 7.45. The third kappa shape index (κ3) is 5.60. The van der Waals surface area contributed by atoms with Crippen molar-refractivity contribution in [1.82, 2.24) is 14.8 Å². The third-order valence-electron chi connectivity index (χ3n) is 9.25. The number of nitrogens with zero attached hydrogens (tertiary/aromatic N) is 7. The van der Waals surface area contributed by atoms with Crippen LogP contribution in [0.4, 0.5) is 11.4 Å². The number of ether oxygens (including phenoxy) is 1. The largest absolute Gasteiger partial charge is 0.475 e. The first-order valence-corrected chi connectivity index (χ1v) is 16.0. The highest BCUT2D eigenvalue weighted by Crippen LogP contribution is 2.40. The number of hydrogen-bond donors (Lipinski definition) is 0. The number of anilines is 2. The molecule has 44 heavy (non-hydrogen) atoms. The van der Waals surface area contributed by atoms with Gasteiger partial charge in [0.1, 0.15) is 18.2 Å². The predicted molar refractivity (Wildman–Crippen MR) is 175 cm³/mol. The summed E-state index contributed by atoms with van der Waals surface area (Å²) in [5.74, 6) is 0.188. The lowest BCUT2D eigenvalue weighted by Crippen LogP contribution is -2.55. The Morgan fingerprint density at radius 3 is 2.68 bits per heavy atom. The zero-order chi connectivity index (χ0) is 30.8. The highest BCUT2D eigenvalue weighted by atomic mass is 79.9. The number of hydrogen-bond acceptors (Lipinski definition) is 8. The van der Waals surface area contributed by atoms with Crippen LogP contribution in [0.25, 0.3) is 10.8 Å². The number of likely N-dealkylation sites (N-methyl/N-ethyl adjacent to an activating group) is 1. The van der Waals surface area contributed by atoms with Gasteiger partial charge in [0.05, 0.1) is 36.5 Å². The van der Waals surface area contributed by atoms with Gasteiger partial charge < -0.3 is 24.3 Å². The maximum Gasteiger partial charge on any atom is 0.246 e. The number of amides is 1. The molecule has 0 spiro atoms. The molecule has 0 radical (unpaired) electrons. The molecule has 1 aromatic heterocycles. The summed E-state index contributed by atoms with van der Waals surface area (Å²) in [6, 6.07) is 17.3. The van der Waals surface area contributed by atoms with Crippen molar-refractivity contribution in [2.24, 2.45) is 0 Å². The van der Waals surface area contributed by atoms with Crippen molar-refractivity contribution < 1.29 is 9.53 Å². The van der Waals surface area contributed by atoms with Crippen molar-refractivity contribution in [3.63, 3.8) is 0 Å². The van der Waals surface area contributed by atoms with Gasteiger partial charge in [-0.15, -0.1) is 0 Å². The van der Waals surface area contributed by atoms with Crippen LogP contribution < -0.4 is 14.5 Å². The average molecular weight is 655 g/mol. The van der Waals surface area contributed by atoms with Crippen LogP contribution in [0.5, 0.6) is 5.88 Å². The van der Waals surface area contributed by atoms with Gasteiger partial charge in [-0.2, -0.15) is 10.5 Å². The number of piperazine rings is 1. The Balaban J connectivity index is 1.41. The van der Waals surface area contributed by atoms with Gasteiger partial charge in [-0.1, -0.05) is 46.8 Å². The fourth-order valence-corrected chi connectivity index (χ4v) is 7.53. The number of nitriles is 2. The summed E-state index contributed by atoms with van der Waals surface area (Å²) in [5.41, 5.74) is 4.34. The standard InChI is InChI=1S/C34H36BrN7O2/c1-3-31(43)42-18-17-41(20-24(42)12-14-36)33-26-13-16-40(30-11-5-8-23-7-4-10-28(35)32(23)30)21-29(26)38-34(27(33)19-37)44-22-25-9-6-15-39(25)2/h3-5,7-8,10-11,24-25H,1,6,9,12-13,15-18,20-22H2,2H3/t24-,25-/m0/s1. The zero-order valence-corrected chi connectivity index (χ0v) is 26.6. The minimum absolute atomic E-state index is 0.177. The molecule has 0 bridgehead atoms. The summed E-state index contributed by atoms with van der Waals surface area (Å²) in [7, 11) is 2.11. The first kappa shape index (κ1) is 29.9. The lowest BCUT2D eigenvalue weighted by atomic mass is 9.96. The summed E-state index contributed by atoms with van der Waals surface area (Å²) in [6.07, 6.45) is 4.39. The number of likely N-dealkylation sites (tertiary alicyclic amines) is 1. The Morgan fingerprint density at radius 2 is 1.95 bits per heavy atom. The molecule has 3 aliphatic rings. The monoisotopic (exact) mass is 653 g/mol. The molecule has 3 aromatic rings. The second-order valence-electron chi connectivity index (χ2n) is 11.7. The van der Waals surface area contributed by atoms with E-state index in [1.54, 1.807) is 4.90 Å². The van der Waals surface area contributed by atoms with Crippen molar-refractivity contribution in [1.29, 1.82) is 10.5 Å². The number of rotatable bonds is 7. The van der Waals surface area contributed by atoms with E-state index in [9.17, 15) is 15.3 Å². The molecule has 226 valence electrons. The van der Waals surface area contributed by atoms with Crippen LogP contribution in [0.2, 0.25) is 0 Å². The minimum Gasteiger partial charge on any atom is -0.475 e. The lowest BCUT2D eigenvalue weighted by molar-refractivity contribution is -0.128. The first-order valence-electron chi connectivity index (χ1n) is 15.2. The summed E-state index contributed by atoms with van der Waals surface area (Å²) >= 11 is 3.77. The van der Waals surface area contributed by atoms with Gasteiger partial charge in [-0.3, -0.25) is 4.79 Å². The molecular formula is C34H36BrN7O2. The molecule has 0 saturated carbocycles. The Hall–Kier alpha value is -4.12. The van der Waals surface area contributed by atoms with E-state index in [1.807, 2.05) is 6.07 Å². The van der Waals surface area contributed by atoms with Gasteiger partial charge in [-0.25, -0.2) is 4.98 Å². The molecule has 0 N–H and O–H groups in total. The maximum atomic E-state index is 12.6. The van der Waals surface area contributed by atoms with Crippen LogP contribution in [0, 0.1) is 22.7 Å². The van der Waals surface area contributed by atoms with Crippen LogP contribution in [0.1, 0.15) is 36.1 Å². The van der Waals surface area contributed by atoms with Crippen LogP contribution in [0.15, 0.2) is 53.5 Å². The fourth-order valence-electron chi connectivity index (χ4n) is 6.95. The van der Waals surface area contributed by atoms with E-state index in [-0.39, 0.29) is 24.4 Å². The fraction of sp³-hybridized carbons (Fsp3) is 0.412.